The van der Waals surface area contributed by atoms with E-state index in [0.29, 0.717) is 5.06 Å². The van der Waals surface area contributed by atoms with E-state index < -0.39 is 17.8 Å². The summed E-state index contributed by atoms with van der Waals surface area (Å²) in [6, 6.07) is 0. The minimum Gasteiger partial charge on any atom is -0.330 e. The van der Waals surface area contributed by atoms with Gasteiger partial charge in [0.25, 0.3) is 11.8 Å². The molecule has 0 unspecified atom stereocenters. The summed E-state index contributed by atoms with van der Waals surface area (Å²) < 4.78 is 0. The molecule has 0 aliphatic carbocycles. The molecule has 0 spiro atoms. The van der Waals surface area contributed by atoms with E-state index in [0.717, 1.165) is 24.6 Å². The third-order valence-corrected chi connectivity index (χ3v) is 4.27. The fourth-order valence-electron chi connectivity index (χ4n) is 2.41. The van der Waals surface area contributed by atoms with Crippen molar-refractivity contribution in [3.05, 3.63) is 0 Å². The highest BCUT2D eigenvalue weighted by Gasteiger charge is 2.32. The van der Waals surface area contributed by atoms with Gasteiger partial charge in [-0.1, -0.05) is 60.9 Å². The van der Waals surface area contributed by atoms with Crippen molar-refractivity contribution >= 4 is 33.7 Å². The number of rotatable bonds is 12. The van der Waals surface area contributed by atoms with Gasteiger partial charge in [-0.3, -0.25) is 9.59 Å². The predicted molar refractivity (Wildman–Crippen MR) is 87.1 cm³/mol. The molecule has 0 bridgehead atoms. The predicted octanol–water partition coefficient (Wildman–Crippen LogP) is 3.89. The third-order valence-electron chi connectivity index (χ3n) is 3.71. The molecule has 0 N–H and O–H groups in total. The van der Waals surface area contributed by atoms with Gasteiger partial charge in [0, 0.05) is 24.6 Å². The summed E-state index contributed by atoms with van der Waals surface area (Å²) in [5, 5.41) is 1.72. The Hall–Kier alpha value is -0.910. The Bertz CT molecular complexity index is 357. The van der Waals surface area contributed by atoms with Crippen LogP contribution in [0.25, 0.3) is 0 Å². The molecule has 0 atom stereocenters. The number of alkyl halides is 1. The summed E-state index contributed by atoms with van der Waals surface area (Å²) in [5.41, 5.74) is 0. The molecular weight excluding hydrogens is 350 g/mol. The van der Waals surface area contributed by atoms with Crippen molar-refractivity contribution in [3.63, 3.8) is 0 Å². The summed E-state index contributed by atoms with van der Waals surface area (Å²) in [6.45, 7) is 0. The third kappa shape index (κ3) is 7.92. The molecule has 2 amide bonds. The average Bonchev–Trinajstić information content (AvgIpc) is 2.81. The van der Waals surface area contributed by atoms with Gasteiger partial charge in [-0.05, 0) is 12.8 Å². The molecule has 1 aliphatic heterocycles. The van der Waals surface area contributed by atoms with Crippen molar-refractivity contribution in [2.45, 2.75) is 77.0 Å². The van der Waals surface area contributed by atoms with E-state index in [4.69, 9.17) is 4.84 Å². The molecule has 1 rings (SSSR count). The summed E-state index contributed by atoms with van der Waals surface area (Å²) in [5.74, 6) is -1.32. The van der Waals surface area contributed by atoms with E-state index in [1.807, 2.05) is 0 Å². The molecule has 1 heterocycles. The van der Waals surface area contributed by atoms with Gasteiger partial charge in [0.05, 0.1) is 0 Å². The fourth-order valence-corrected chi connectivity index (χ4v) is 2.80. The van der Waals surface area contributed by atoms with E-state index >= 15 is 0 Å². The summed E-state index contributed by atoms with van der Waals surface area (Å²) in [7, 11) is 0. The van der Waals surface area contributed by atoms with Crippen LogP contribution in [-0.2, 0) is 19.2 Å². The lowest BCUT2D eigenvalue weighted by Crippen LogP contribution is -2.31. The molecule has 0 saturated carbocycles. The highest BCUT2D eigenvalue weighted by Crippen LogP contribution is 2.14. The number of carbonyl (C=O) groups is 3. The molecule has 0 aromatic heterocycles. The van der Waals surface area contributed by atoms with E-state index in [9.17, 15) is 14.4 Å². The Morgan fingerprint density at radius 3 is 1.82 bits per heavy atom. The zero-order valence-electron chi connectivity index (χ0n) is 13.2. The molecule has 22 heavy (non-hydrogen) atoms. The molecule has 1 saturated heterocycles. The highest BCUT2D eigenvalue weighted by atomic mass is 79.9. The first-order valence-corrected chi connectivity index (χ1v) is 9.40. The molecular formula is C16H26BrNO4. The van der Waals surface area contributed by atoms with Crippen molar-refractivity contribution in [1.29, 1.82) is 0 Å². The second-order valence-electron chi connectivity index (χ2n) is 5.67. The van der Waals surface area contributed by atoms with Crippen LogP contribution < -0.4 is 0 Å². The normalized spacial score (nSPS) is 14.7. The van der Waals surface area contributed by atoms with Gasteiger partial charge in [0.1, 0.15) is 0 Å². The lowest BCUT2D eigenvalue weighted by atomic mass is 10.1. The van der Waals surface area contributed by atoms with Crippen LogP contribution in [0.2, 0.25) is 0 Å². The number of imide groups is 1. The number of nitrogens with zero attached hydrogens (tertiary/aromatic N) is 1. The van der Waals surface area contributed by atoms with Crippen LogP contribution in [0.5, 0.6) is 0 Å². The van der Waals surface area contributed by atoms with Crippen LogP contribution in [0.4, 0.5) is 0 Å². The fraction of sp³-hybridized carbons (Fsp3) is 0.812. The SMILES string of the molecule is O=C(CCCCCCCCCCCBr)ON1C(=O)CCC1=O. The minimum atomic E-state index is -0.488. The quantitative estimate of drug-likeness (QED) is 0.295. The number of hydrogen-bond acceptors (Lipinski definition) is 4. The Morgan fingerprint density at radius 1 is 0.864 bits per heavy atom. The zero-order valence-corrected chi connectivity index (χ0v) is 14.7. The molecule has 1 fully saturated rings. The van der Waals surface area contributed by atoms with Gasteiger partial charge >= 0.3 is 5.97 Å². The first kappa shape index (κ1) is 19.1. The summed E-state index contributed by atoms with van der Waals surface area (Å²) in [4.78, 5) is 38.9. The number of amides is 2. The Morgan fingerprint density at radius 2 is 1.32 bits per heavy atom. The Labute approximate surface area is 140 Å². The zero-order chi connectivity index (χ0) is 16.2. The lowest BCUT2D eigenvalue weighted by molar-refractivity contribution is -0.197. The standard InChI is InChI=1S/C16H26BrNO4/c17-13-9-7-5-3-1-2-4-6-8-10-16(21)22-18-14(19)11-12-15(18)20/h1-13H2. The molecule has 1 aliphatic rings. The maximum Gasteiger partial charge on any atom is 0.333 e. The van der Waals surface area contributed by atoms with Crippen LogP contribution in [0.1, 0.15) is 77.0 Å². The lowest BCUT2D eigenvalue weighted by Gasteiger charge is -2.12. The monoisotopic (exact) mass is 375 g/mol. The van der Waals surface area contributed by atoms with E-state index in [1.54, 1.807) is 0 Å². The topological polar surface area (TPSA) is 63.7 Å². The number of unbranched alkanes of at least 4 members (excludes halogenated alkanes) is 8. The van der Waals surface area contributed by atoms with Gasteiger partial charge in [-0.25, -0.2) is 4.79 Å². The second kappa shape index (κ2) is 11.6. The highest BCUT2D eigenvalue weighted by molar-refractivity contribution is 9.09. The van der Waals surface area contributed by atoms with Crippen molar-refractivity contribution in [3.8, 4) is 0 Å². The largest absolute Gasteiger partial charge is 0.333 e. The van der Waals surface area contributed by atoms with Crippen LogP contribution in [0, 0.1) is 0 Å². The van der Waals surface area contributed by atoms with Gasteiger partial charge in [0.15, 0.2) is 0 Å². The van der Waals surface area contributed by atoms with Crippen molar-refractivity contribution in [2.24, 2.45) is 0 Å². The van der Waals surface area contributed by atoms with Crippen LogP contribution >= 0.6 is 15.9 Å². The Balaban J connectivity index is 1.93. The first-order valence-electron chi connectivity index (χ1n) is 8.27. The molecule has 126 valence electrons. The molecule has 6 heteroatoms. The van der Waals surface area contributed by atoms with Crippen LogP contribution in [0.3, 0.4) is 0 Å². The molecule has 5 nitrogen and oxygen atoms in total. The van der Waals surface area contributed by atoms with Gasteiger partial charge < -0.3 is 4.84 Å². The van der Waals surface area contributed by atoms with Crippen molar-refractivity contribution in [2.75, 3.05) is 5.33 Å². The van der Waals surface area contributed by atoms with Gasteiger partial charge in [-0.15, -0.1) is 5.06 Å². The number of halogens is 1. The van der Waals surface area contributed by atoms with E-state index in [2.05, 4.69) is 15.9 Å². The van der Waals surface area contributed by atoms with E-state index in [1.165, 1.54) is 38.5 Å². The Kier molecular flexibility index (Phi) is 10.1. The maximum absolute atomic E-state index is 11.6. The molecule has 0 aromatic carbocycles. The summed E-state index contributed by atoms with van der Waals surface area (Å²) >= 11 is 3.43. The smallest absolute Gasteiger partial charge is 0.330 e. The number of hydroxylamine groups is 2. The number of carbonyl (C=O) groups excluding carboxylic acids is 3. The first-order chi connectivity index (χ1) is 10.6. The van der Waals surface area contributed by atoms with Gasteiger partial charge in [-0.2, -0.15) is 0 Å². The number of hydrogen-bond donors (Lipinski definition) is 0. The van der Waals surface area contributed by atoms with Crippen LogP contribution in [0.15, 0.2) is 0 Å². The minimum absolute atomic E-state index is 0.141. The molecule has 0 radical (unpaired) electrons. The van der Waals surface area contributed by atoms with Gasteiger partial charge in [0.2, 0.25) is 0 Å². The van der Waals surface area contributed by atoms with E-state index in [-0.39, 0.29) is 19.3 Å². The second-order valence-corrected chi connectivity index (χ2v) is 6.46. The van der Waals surface area contributed by atoms with Crippen molar-refractivity contribution in [1.82, 2.24) is 5.06 Å². The maximum atomic E-state index is 11.6. The van der Waals surface area contributed by atoms with Crippen molar-refractivity contribution < 1.29 is 19.2 Å². The summed E-state index contributed by atoms with van der Waals surface area (Å²) in [6.07, 6.45) is 11.0. The van der Waals surface area contributed by atoms with Crippen LogP contribution in [-0.4, -0.2) is 28.2 Å². The molecule has 0 aromatic rings. The average molecular weight is 376 g/mol.